The zero-order valence-electron chi connectivity index (χ0n) is 10.6. The van der Waals surface area contributed by atoms with Gasteiger partial charge in [0.15, 0.2) is 11.5 Å². The fourth-order valence-corrected chi connectivity index (χ4v) is 1.82. The molecular formula is C14H9F2N3O2. The molecule has 0 saturated carbocycles. The fraction of sp³-hybridized carbons (Fsp3) is 0.0714. The van der Waals surface area contributed by atoms with E-state index in [0.717, 1.165) is 12.1 Å². The van der Waals surface area contributed by atoms with Gasteiger partial charge in [-0.1, -0.05) is 11.2 Å². The van der Waals surface area contributed by atoms with Crippen molar-refractivity contribution in [3.63, 3.8) is 0 Å². The highest BCUT2D eigenvalue weighted by atomic mass is 19.1. The molecule has 21 heavy (non-hydrogen) atoms. The van der Waals surface area contributed by atoms with E-state index < -0.39 is 11.6 Å². The van der Waals surface area contributed by atoms with Crippen molar-refractivity contribution in [3.8, 4) is 17.3 Å². The molecule has 3 rings (SSSR count). The maximum Gasteiger partial charge on any atom is 0.280 e. The number of benzene rings is 1. The highest BCUT2D eigenvalue weighted by molar-refractivity contribution is 5.55. The van der Waals surface area contributed by atoms with Gasteiger partial charge in [-0.05, 0) is 23.8 Å². The van der Waals surface area contributed by atoms with Crippen molar-refractivity contribution in [2.45, 2.75) is 6.42 Å². The van der Waals surface area contributed by atoms with Crippen LogP contribution in [0.4, 0.5) is 8.78 Å². The van der Waals surface area contributed by atoms with Gasteiger partial charge in [0.2, 0.25) is 0 Å². The second-order valence-electron chi connectivity index (χ2n) is 4.30. The van der Waals surface area contributed by atoms with Crippen LogP contribution in [0.3, 0.4) is 0 Å². The van der Waals surface area contributed by atoms with Crippen LogP contribution in [0.5, 0.6) is 5.75 Å². The number of aromatic nitrogens is 3. The normalized spacial score (nSPS) is 10.8. The van der Waals surface area contributed by atoms with Crippen molar-refractivity contribution >= 4 is 0 Å². The van der Waals surface area contributed by atoms with E-state index in [2.05, 4.69) is 15.1 Å². The van der Waals surface area contributed by atoms with Crippen LogP contribution < -0.4 is 0 Å². The van der Waals surface area contributed by atoms with E-state index in [0.29, 0.717) is 0 Å². The molecule has 0 saturated heterocycles. The van der Waals surface area contributed by atoms with Crippen molar-refractivity contribution in [2.24, 2.45) is 0 Å². The molecule has 0 aliphatic heterocycles. The van der Waals surface area contributed by atoms with Crippen molar-refractivity contribution < 1.29 is 18.4 Å². The largest absolute Gasteiger partial charge is 0.505 e. The molecule has 3 aromatic rings. The van der Waals surface area contributed by atoms with E-state index in [4.69, 9.17) is 4.52 Å². The molecule has 2 heterocycles. The molecule has 0 atom stereocenters. The maximum atomic E-state index is 13.6. The van der Waals surface area contributed by atoms with Gasteiger partial charge in [-0.25, -0.2) is 13.8 Å². The van der Waals surface area contributed by atoms with E-state index in [9.17, 15) is 13.9 Å². The third-order valence-corrected chi connectivity index (χ3v) is 2.82. The monoisotopic (exact) mass is 289 g/mol. The molecule has 106 valence electrons. The molecule has 0 bridgehead atoms. The lowest BCUT2D eigenvalue weighted by atomic mass is 10.1. The quantitative estimate of drug-likeness (QED) is 0.802. The molecule has 0 radical (unpaired) electrons. The smallest absolute Gasteiger partial charge is 0.280 e. The molecule has 0 spiro atoms. The van der Waals surface area contributed by atoms with Crippen LogP contribution in [0.2, 0.25) is 0 Å². The highest BCUT2D eigenvalue weighted by Crippen LogP contribution is 2.24. The number of rotatable bonds is 3. The minimum absolute atomic E-state index is 0.0330. The van der Waals surface area contributed by atoms with Crippen molar-refractivity contribution in [1.29, 1.82) is 0 Å². The minimum Gasteiger partial charge on any atom is -0.505 e. The SMILES string of the molecule is Oc1cccnc1-c1nc(Cc2ccc(F)cc2F)no1. The standard InChI is InChI=1S/C14H9F2N3O2/c15-9-4-3-8(10(16)7-9)6-12-18-14(21-19-12)13-11(20)2-1-5-17-13/h1-5,7,20H,6H2. The second kappa shape index (κ2) is 5.28. The fourth-order valence-electron chi connectivity index (χ4n) is 1.82. The topological polar surface area (TPSA) is 72.0 Å². The summed E-state index contributed by atoms with van der Waals surface area (Å²) in [6.45, 7) is 0. The van der Waals surface area contributed by atoms with Crippen molar-refractivity contribution in [3.05, 3.63) is 59.6 Å². The first-order chi connectivity index (χ1) is 10.1. The molecule has 0 amide bonds. The predicted octanol–water partition coefficient (Wildman–Crippen LogP) is 2.71. The number of hydrogen-bond donors (Lipinski definition) is 1. The first-order valence-electron chi connectivity index (χ1n) is 6.04. The predicted molar refractivity (Wildman–Crippen MR) is 68.4 cm³/mol. The van der Waals surface area contributed by atoms with Gasteiger partial charge in [0.25, 0.3) is 5.89 Å². The molecule has 7 heteroatoms. The molecule has 2 aromatic heterocycles. The lowest BCUT2D eigenvalue weighted by Gasteiger charge is -1.99. The number of hydrogen-bond acceptors (Lipinski definition) is 5. The Labute approximate surface area is 117 Å². The van der Waals surface area contributed by atoms with Crippen LogP contribution in [-0.2, 0) is 6.42 Å². The summed E-state index contributed by atoms with van der Waals surface area (Å²) in [6, 6.07) is 6.26. The second-order valence-corrected chi connectivity index (χ2v) is 4.30. The molecule has 0 fully saturated rings. The Balaban J connectivity index is 1.87. The van der Waals surface area contributed by atoms with Gasteiger partial charge in [-0.2, -0.15) is 4.98 Å². The Kier molecular flexibility index (Phi) is 3.31. The van der Waals surface area contributed by atoms with Crippen LogP contribution >= 0.6 is 0 Å². The first-order valence-corrected chi connectivity index (χ1v) is 6.04. The van der Waals surface area contributed by atoms with E-state index in [1.54, 1.807) is 6.07 Å². The Morgan fingerprint density at radius 3 is 2.81 bits per heavy atom. The zero-order chi connectivity index (χ0) is 14.8. The third-order valence-electron chi connectivity index (χ3n) is 2.82. The highest BCUT2D eigenvalue weighted by Gasteiger charge is 2.15. The molecule has 1 aromatic carbocycles. The lowest BCUT2D eigenvalue weighted by Crippen LogP contribution is -1.95. The van der Waals surface area contributed by atoms with Crippen LogP contribution in [0.25, 0.3) is 11.6 Å². The van der Waals surface area contributed by atoms with E-state index >= 15 is 0 Å². The summed E-state index contributed by atoms with van der Waals surface area (Å²) in [4.78, 5) is 7.97. The van der Waals surface area contributed by atoms with Crippen LogP contribution in [0.1, 0.15) is 11.4 Å². The molecule has 0 aliphatic rings. The Morgan fingerprint density at radius 2 is 2.05 bits per heavy atom. The zero-order valence-corrected chi connectivity index (χ0v) is 10.6. The van der Waals surface area contributed by atoms with E-state index in [1.807, 2.05) is 0 Å². The minimum atomic E-state index is -0.679. The average Bonchev–Trinajstić information content (AvgIpc) is 2.91. The van der Waals surface area contributed by atoms with Gasteiger partial charge in [0, 0.05) is 18.7 Å². The van der Waals surface area contributed by atoms with Gasteiger partial charge < -0.3 is 9.63 Å². The summed E-state index contributed by atoms with van der Waals surface area (Å²) in [5, 5.41) is 13.3. The maximum absolute atomic E-state index is 13.6. The third kappa shape index (κ3) is 2.71. The van der Waals surface area contributed by atoms with Gasteiger partial charge in [0.05, 0.1) is 0 Å². The molecule has 1 N–H and O–H groups in total. The number of pyridine rings is 1. The molecule has 5 nitrogen and oxygen atoms in total. The van der Waals surface area contributed by atoms with Crippen molar-refractivity contribution in [2.75, 3.05) is 0 Å². The van der Waals surface area contributed by atoms with Crippen molar-refractivity contribution in [1.82, 2.24) is 15.1 Å². The first kappa shape index (κ1) is 13.2. The van der Waals surface area contributed by atoms with Gasteiger partial charge in [0.1, 0.15) is 17.4 Å². The molecular weight excluding hydrogens is 280 g/mol. The number of aromatic hydroxyl groups is 1. The lowest BCUT2D eigenvalue weighted by molar-refractivity contribution is 0.416. The Bertz CT molecular complexity index is 789. The Hall–Kier alpha value is -2.83. The van der Waals surface area contributed by atoms with E-state index in [-0.39, 0.29) is 35.1 Å². The molecule has 0 aliphatic carbocycles. The summed E-state index contributed by atoms with van der Waals surface area (Å²) in [5.41, 5.74) is 0.393. The van der Waals surface area contributed by atoms with Crippen LogP contribution in [0.15, 0.2) is 41.1 Å². The van der Waals surface area contributed by atoms with E-state index in [1.165, 1.54) is 18.3 Å². The molecule has 0 unspecified atom stereocenters. The van der Waals surface area contributed by atoms with Gasteiger partial charge in [-0.3, -0.25) is 0 Å². The summed E-state index contributed by atoms with van der Waals surface area (Å²) in [6.07, 6.45) is 1.52. The number of nitrogens with zero attached hydrogens (tertiary/aromatic N) is 3. The summed E-state index contributed by atoms with van der Waals surface area (Å²) in [5.74, 6) is -1.18. The number of halogens is 2. The summed E-state index contributed by atoms with van der Waals surface area (Å²) in [7, 11) is 0. The van der Waals surface area contributed by atoms with Gasteiger partial charge >= 0.3 is 0 Å². The Morgan fingerprint density at radius 1 is 1.19 bits per heavy atom. The van der Waals surface area contributed by atoms with Gasteiger partial charge in [-0.15, -0.1) is 0 Å². The summed E-state index contributed by atoms with van der Waals surface area (Å²) < 4.78 is 31.4. The van der Waals surface area contributed by atoms with Crippen LogP contribution in [0, 0.1) is 11.6 Å². The summed E-state index contributed by atoms with van der Waals surface area (Å²) >= 11 is 0. The average molecular weight is 289 g/mol. The van der Waals surface area contributed by atoms with Crippen LogP contribution in [-0.4, -0.2) is 20.2 Å².